The van der Waals surface area contributed by atoms with Crippen molar-refractivity contribution < 1.29 is 4.74 Å². The zero-order chi connectivity index (χ0) is 12.8. The van der Waals surface area contributed by atoms with Crippen molar-refractivity contribution in [1.29, 1.82) is 0 Å². The number of nitrogens with one attached hydrogen (secondary N) is 2. The lowest BCUT2D eigenvalue weighted by Crippen LogP contribution is -2.05. The largest absolute Gasteiger partial charge is 0.493 e. The molecular weight excluding hydrogens is 230 g/mol. The summed E-state index contributed by atoms with van der Waals surface area (Å²) in [5, 5.41) is 10.00. The van der Waals surface area contributed by atoms with Crippen LogP contribution in [0, 0.1) is 6.92 Å². The molecule has 0 saturated carbocycles. The lowest BCUT2D eigenvalue weighted by Gasteiger charge is -2.10. The predicted molar refractivity (Wildman–Crippen MR) is 68.7 cm³/mol. The first-order valence-corrected chi connectivity index (χ1v) is 5.88. The van der Waals surface area contributed by atoms with Gasteiger partial charge in [-0.2, -0.15) is 5.10 Å². The third kappa shape index (κ3) is 3.19. The normalized spacial score (nSPS) is 10.3. The standard InChI is InChI=1S/C12H17N5O/c1-9-6-10(11(18-2)7-14-9)13-5-3-4-12-15-8-16-17-12/h6-8H,3-5H2,1-2H3,(H,13,14)(H,15,16,17). The van der Waals surface area contributed by atoms with Crippen LogP contribution in [0.4, 0.5) is 5.69 Å². The van der Waals surface area contributed by atoms with Gasteiger partial charge >= 0.3 is 0 Å². The third-order valence-electron chi connectivity index (χ3n) is 2.59. The molecule has 0 atom stereocenters. The lowest BCUT2D eigenvalue weighted by molar-refractivity contribution is 0.414. The maximum absolute atomic E-state index is 5.25. The molecule has 2 N–H and O–H groups in total. The number of aromatic amines is 1. The Morgan fingerprint density at radius 2 is 2.28 bits per heavy atom. The molecule has 6 heteroatoms. The smallest absolute Gasteiger partial charge is 0.160 e. The maximum Gasteiger partial charge on any atom is 0.160 e. The van der Waals surface area contributed by atoms with Crippen LogP contribution in [0.25, 0.3) is 0 Å². The number of H-pyrrole nitrogens is 1. The number of ether oxygens (including phenoxy) is 1. The minimum absolute atomic E-state index is 0.764. The van der Waals surface area contributed by atoms with E-state index in [1.807, 2.05) is 13.0 Å². The van der Waals surface area contributed by atoms with Crippen LogP contribution in [0.2, 0.25) is 0 Å². The summed E-state index contributed by atoms with van der Waals surface area (Å²) in [5.74, 6) is 1.68. The Hall–Kier alpha value is -2.11. The van der Waals surface area contributed by atoms with E-state index in [0.29, 0.717) is 0 Å². The molecule has 2 aromatic heterocycles. The van der Waals surface area contributed by atoms with Crippen LogP contribution in [0.1, 0.15) is 17.9 Å². The van der Waals surface area contributed by atoms with Crippen LogP contribution >= 0.6 is 0 Å². The second-order valence-electron chi connectivity index (χ2n) is 3.99. The average Bonchev–Trinajstić information content (AvgIpc) is 2.88. The van der Waals surface area contributed by atoms with Gasteiger partial charge in [-0.15, -0.1) is 0 Å². The first kappa shape index (κ1) is 12.3. The van der Waals surface area contributed by atoms with E-state index in [-0.39, 0.29) is 0 Å². The highest BCUT2D eigenvalue weighted by atomic mass is 16.5. The molecule has 0 aliphatic rings. The summed E-state index contributed by atoms with van der Waals surface area (Å²) in [6.45, 7) is 2.81. The number of anilines is 1. The van der Waals surface area contributed by atoms with Gasteiger partial charge in [-0.25, -0.2) is 4.98 Å². The number of nitrogens with zero attached hydrogens (tertiary/aromatic N) is 3. The van der Waals surface area contributed by atoms with Crippen molar-refractivity contribution >= 4 is 5.69 Å². The molecule has 2 heterocycles. The van der Waals surface area contributed by atoms with Crippen LogP contribution in [0.3, 0.4) is 0 Å². The average molecular weight is 247 g/mol. The predicted octanol–water partition coefficient (Wildman–Crippen LogP) is 1.56. The molecular formula is C12H17N5O. The molecule has 2 aromatic rings. The van der Waals surface area contributed by atoms with Gasteiger partial charge in [0.1, 0.15) is 12.2 Å². The fourth-order valence-electron chi connectivity index (χ4n) is 1.68. The van der Waals surface area contributed by atoms with Gasteiger partial charge < -0.3 is 10.1 Å². The van der Waals surface area contributed by atoms with Crippen LogP contribution in [-0.2, 0) is 6.42 Å². The zero-order valence-electron chi connectivity index (χ0n) is 10.6. The second kappa shape index (κ2) is 6.00. The second-order valence-corrected chi connectivity index (χ2v) is 3.99. The first-order chi connectivity index (χ1) is 8.79. The minimum Gasteiger partial charge on any atom is -0.493 e. The number of hydrogen-bond acceptors (Lipinski definition) is 5. The van der Waals surface area contributed by atoms with Crippen LogP contribution < -0.4 is 10.1 Å². The molecule has 18 heavy (non-hydrogen) atoms. The Bertz CT molecular complexity index is 483. The van der Waals surface area contributed by atoms with E-state index in [0.717, 1.165) is 42.3 Å². The van der Waals surface area contributed by atoms with E-state index < -0.39 is 0 Å². The summed E-state index contributed by atoms with van der Waals surface area (Å²) in [6.07, 6.45) is 5.10. The van der Waals surface area contributed by atoms with Crippen molar-refractivity contribution in [2.75, 3.05) is 19.0 Å². The topological polar surface area (TPSA) is 75.7 Å². The van der Waals surface area contributed by atoms with E-state index >= 15 is 0 Å². The number of hydrogen-bond donors (Lipinski definition) is 2. The van der Waals surface area contributed by atoms with Crippen molar-refractivity contribution in [1.82, 2.24) is 20.2 Å². The highest BCUT2D eigenvalue weighted by molar-refractivity contribution is 5.55. The molecule has 0 aliphatic carbocycles. The molecule has 0 spiro atoms. The molecule has 0 radical (unpaired) electrons. The highest BCUT2D eigenvalue weighted by Gasteiger charge is 2.03. The zero-order valence-corrected chi connectivity index (χ0v) is 10.6. The molecule has 0 aliphatic heterocycles. The van der Waals surface area contributed by atoms with Crippen molar-refractivity contribution in [3.05, 3.63) is 30.1 Å². The van der Waals surface area contributed by atoms with Crippen molar-refractivity contribution in [2.45, 2.75) is 19.8 Å². The van der Waals surface area contributed by atoms with E-state index in [9.17, 15) is 0 Å². The van der Waals surface area contributed by atoms with Gasteiger partial charge in [-0.05, 0) is 19.4 Å². The Labute approximate surface area is 106 Å². The molecule has 0 unspecified atom stereocenters. The number of pyridine rings is 1. The van der Waals surface area contributed by atoms with Crippen LogP contribution in [0.15, 0.2) is 18.6 Å². The van der Waals surface area contributed by atoms with Crippen LogP contribution in [-0.4, -0.2) is 33.8 Å². The first-order valence-electron chi connectivity index (χ1n) is 5.88. The molecule has 96 valence electrons. The molecule has 0 saturated heterocycles. The van der Waals surface area contributed by atoms with Gasteiger partial charge in [-0.3, -0.25) is 10.1 Å². The minimum atomic E-state index is 0.764. The Morgan fingerprint density at radius 3 is 3.00 bits per heavy atom. The summed E-state index contributed by atoms with van der Waals surface area (Å²) in [7, 11) is 1.64. The lowest BCUT2D eigenvalue weighted by atomic mass is 10.2. The van der Waals surface area contributed by atoms with E-state index in [1.54, 1.807) is 13.3 Å². The molecule has 0 aromatic carbocycles. The number of aromatic nitrogens is 4. The highest BCUT2D eigenvalue weighted by Crippen LogP contribution is 2.23. The van der Waals surface area contributed by atoms with Gasteiger partial charge in [0.15, 0.2) is 5.75 Å². The van der Waals surface area contributed by atoms with Gasteiger partial charge in [0.25, 0.3) is 0 Å². The molecule has 0 fully saturated rings. The number of aryl methyl sites for hydroxylation is 2. The fraction of sp³-hybridized carbons (Fsp3) is 0.417. The Kier molecular flexibility index (Phi) is 4.11. The Balaban J connectivity index is 1.84. The van der Waals surface area contributed by atoms with Gasteiger partial charge in [0.2, 0.25) is 0 Å². The summed E-state index contributed by atoms with van der Waals surface area (Å²) in [6, 6.07) is 1.98. The summed E-state index contributed by atoms with van der Waals surface area (Å²) in [4.78, 5) is 8.27. The molecule has 6 nitrogen and oxygen atoms in total. The van der Waals surface area contributed by atoms with E-state index in [4.69, 9.17) is 4.74 Å². The Morgan fingerprint density at radius 1 is 1.39 bits per heavy atom. The fourth-order valence-corrected chi connectivity index (χ4v) is 1.68. The monoisotopic (exact) mass is 247 g/mol. The van der Waals surface area contributed by atoms with Crippen LogP contribution in [0.5, 0.6) is 5.75 Å². The van der Waals surface area contributed by atoms with Crippen molar-refractivity contribution in [3.8, 4) is 5.75 Å². The van der Waals surface area contributed by atoms with Crippen molar-refractivity contribution in [3.63, 3.8) is 0 Å². The summed E-state index contributed by atoms with van der Waals surface area (Å²) in [5.41, 5.74) is 1.94. The quantitative estimate of drug-likeness (QED) is 0.758. The molecule has 0 bridgehead atoms. The SMILES string of the molecule is COc1cnc(C)cc1NCCCc1ncn[nH]1. The van der Waals surface area contributed by atoms with Gasteiger partial charge in [0.05, 0.1) is 19.0 Å². The maximum atomic E-state index is 5.25. The van der Waals surface area contributed by atoms with E-state index in [1.165, 1.54) is 6.33 Å². The van der Waals surface area contributed by atoms with Gasteiger partial charge in [-0.1, -0.05) is 0 Å². The van der Waals surface area contributed by atoms with E-state index in [2.05, 4.69) is 25.5 Å². The number of methoxy groups -OCH3 is 1. The summed E-state index contributed by atoms with van der Waals surface area (Å²) < 4.78 is 5.25. The third-order valence-corrected chi connectivity index (χ3v) is 2.59. The van der Waals surface area contributed by atoms with Crippen molar-refractivity contribution in [2.24, 2.45) is 0 Å². The summed E-state index contributed by atoms with van der Waals surface area (Å²) >= 11 is 0. The number of rotatable bonds is 6. The van der Waals surface area contributed by atoms with Gasteiger partial charge in [0, 0.05) is 18.7 Å². The molecule has 0 amide bonds. The molecule has 2 rings (SSSR count).